The van der Waals surface area contributed by atoms with E-state index < -0.39 is 6.10 Å². The molecule has 1 N–H and O–H groups in total. The highest BCUT2D eigenvalue weighted by atomic mass is 35.5. The van der Waals surface area contributed by atoms with Gasteiger partial charge in [-0.1, -0.05) is 18.5 Å². The quantitative estimate of drug-likeness (QED) is 0.855. The van der Waals surface area contributed by atoms with Crippen LogP contribution in [0.15, 0.2) is 42.5 Å². The minimum atomic E-state index is -0.718. The summed E-state index contributed by atoms with van der Waals surface area (Å²) in [5.41, 5.74) is 0.464. The normalized spacial score (nSPS) is 11.7. The number of rotatable bonds is 6. The number of ether oxygens (including phenoxy) is 2. The number of hydrogen-bond acceptors (Lipinski definition) is 3. The highest BCUT2D eigenvalue weighted by molar-refractivity contribution is 6.31. The molecule has 1 atom stereocenters. The zero-order valence-corrected chi connectivity index (χ0v) is 13.6. The summed E-state index contributed by atoms with van der Waals surface area (Å²) in [6.45, 7) is 1.82. The molecule has 0 aliphatic heterocycles. The van der Waals surface area contributed by atoms with E-state index in [-0.39, 0.29) is 11.7 Å². The molecule has 6 heteroatoms. The molecule has 0 saturated heterocycles. The van der Waals surface area contributed by atoms with Crippen molar-refractivity contribution in [2.45, 2.75) is 19.4 Å². The van der Waals surface area contributed by atoms with Crippen LogP contribution in [0.3, 0.4) is 0 Å². The lowest BCUT2D eigenvalue weighted by molar-refractivity contribution is -0.122. The Hall–Kier alpha value is -2.27. The van der Waals surface area contributed by atoms with Crippen molar-refractivity contribution in [1.82, 2.24) is 0 Å². The van der Waals surface area contributed by atoms with Crippen molar-refractivity contribution in [2.75, 3.05) is 12.4 Å². The first kappa shape index (κ1) is 17.1. The van der Waals surface area contributed by atoms with Crippen LogP contribution in [0.1, 0.15) is 13.3 Å². The minimum Gasteiger partial charge on any atom is -0.495 e. The van der Waals surface area contributed by atoms with Gasteiger partial charge >= 0.3 is 0 Å². The molecule has 23 heavy (non-hydrogen) atoms. The van der Waals surface area contributed by atoms with E-state index in [9.17, 15) is 9.18 Å². The van der Waals surface area contributed by atoms with Gasteiger partial charge in [0, 0.05) is 5.02 Å². The first-order valence-corrected chi connectivity index (χ1v) is 7.48. The summed E-state index contributed by atoms with van der Waals surface area (Å²) in [4.78, 5) is 12.4. The number of anilines is 1. The molecular weight excluding hydrogens is 321 g/mol. The number of carbonyl (C=O) groups excluding carboxylic acids is 1. The molecule has 0 fully saturated rings. The smallest absolute Gasteiger partial charge is 0.265 e. The summed E-state index contributed by atoms with van der Waals surface area (Å²) in [5.74, 6) is 0.224. The van der Waals surface area contributed by atoms with E-state index in [0.717, 1.165) is 0 Å². The maximum Gasteiger partial charge on any atom is 0.265 e. The SMILES string of the molecule is CC[C@H](Oc1ccc(F)cc1)C(=O)Nc1cc(Cl)ccc1OC. The first-order chi connectivity index (χ1) is 11.0. The van der Waals surface area contributed by atoms with Crippen molar-refractivity contribution in [3.05, 3.63) is 53.3 Å². The molecule has 2 rings (SSSR count). The van der Waals surface area contributed by atoms with Crippen LogP contribution in [0, 0.1) is 5.82 Å². The fourth-order valence-corrected chi connectivity index (χ4v) is 2.16. The molecule has 0 radical (unpaired) electrons. The molecule has 1 amide bonds. The molecule has 0 spiro atoms. The molecule has 0 bridgehead atoms. The van der Waals surface area contributed by atoms with Crippen LogP contribution in [-0.4, -0.2) is 19.1 Å². The fraction of sp³-hybridized carbons (Fsp3) is 0.235. The Balaban J connectivity index is 2.11. The van der Waals surface area contributed by atoms with Gasteiger partial charge in [0.15, 0.2) is 6.10 Å². The van der Waals surface area contributed by atoms with Crippen molar-refractivity contribution in [1.29, 1.82) is 0 Å². The highest BCUT2D eigenvalue weighted by Crippen LogP contribution is 2.28. The first-order valence-electron chi connectivity index (χ1n) is 7.10. The van der Waals surface area contributed by atoms with E-state index in [1.165, 1.54) is 31.4 Å². The molecule has 0 aliphatic carbocycles. The number of carbonyl (C=O) groups is 1. The maximum atomic E-state index is 12.9. The number of hydrogen-bond donors (Lipinski definition) is 1. The van der Waals surface area contributed by atoms with Crippen LogP contribution in [0.5, 0.6) is 11.5 Å². The fourth-order valence-electron chi connectivity index (χ4n) is 1.99. The third-order valence-electron chi connectivity index (χ3n) is 3.17. The standard InChI is InChI=1S/C17H17ClFNO3/c1-3-15(23-13-7-5-12(19)6-8-13)17(21)20-14-10-11(18)4-9-16(14)22-2/h4-10,15H,3H2,1-2H3,(H,20,21)/t15-/m0/s1. The molecular formula is C17H17ClFNO3. The zero-order chi connectivity index (χ0) is 16.8. The number of amides is 1. The average Bonchev–Trinajstić information content (AvgIpc) is 2.54. The van der Waals surface area contributed by atoms with Crippen LogP contribution < -0.4 is 14.8 Å². The summed E-state index contributed by atoms with van der Waals surface area (Å²) in [7, 11) is 1.51. The average molecular weight is 338 g/mol. The predicted molar refractivity (Wildman–Crippen MR) is 87.7 cm³/mol. The zero-order valence-electron chi connectivity index (χ0n) is 12.8. The van der Waals surface area contributed by atoms with E-state index in [1.807, 2.05) is 6.92 Å². The van der Waals surface area contributed by atoms with Crippen LogP contribution in [0.25, 0.3) is 0 Å². The highest BCUT2D eigenvalue weighted by Gasteiger charge is 2.20. The van der Waals surface area contributed by atoms with Gasteiger partial charge in [-0.05, 0) is 48.9 Å². The molecule has 0 aliphatic rings. The monoisotopic (exact) mass is 337 g/mol. The number of nitrogens with one attached hydrogen (secondary N) is 1. The molecule has 2 aromatic carbocycles. The van der Waals surface area contributed by atoms with E-state index in [1.54, 1.807) is 18.2 Å². The molecule has 4 nitrogen and oxygen atoms in total. The van der Waals surface area contributed by atoms with E-state index >= 15 is 0 Å². The van der Waals surface area contributed by atoms with E-state index in [4.69, 9.17) is 21.1 Å². The van der Waals surface area contributed by atoms with Crippen molar-refractivity contribution >= 4 is 23.2 Å². The molecule has 2 aromatic rings. The topological polar surface area (TPSA) is 47.6 Å². The van der Waals surface area contributed by atoms with Crippen molar-refractivity contribution < 1.29 is 18.7 Å². The molecule has 0 aromatic heterocycles. The molecule has 0 saturated carbocycles. The van der Waals surface area contributed by atoms with Crippen molar-refractivity contribution in [2.24, 2.45) is 0 Å². The largest absolute Gasteiger partial charge is 0.495 e. The van der Waals surface area contributed by atoms with Crippen LogP contribution >= 0.6 is 11.6 Å². The van der Waals surface area contributed by atoms with Crippen LogP contribution in [0.2, 0.25) is 5.02 Å². The summed E-state index contributed by atoms with van der Waals surface area (Å²) < 4.78 is 23.7. The second-order valence-corrected chi connectivity index (χ2v) is 5.24. The Morgan fingerprint density at radius 2 is 1.96 bits per heavy atom. The van der Waals surface area contributed by atoms with Gasteiger partial charge in [0.1, 0.15) is 17.3 Å². The molecule has 122 valence electrons. The van der Waals surface area contributed by atoms with Gasteiger partial charge in [-0.15, -0.1) is 0 Å². The summed E-state index contributed by atoms with van der Waals surface area (Å²) in [6.07, 6.45) is -0.268. The lowest BCUT2D eigenvalue weighted by Crippen LogP contribution is -2.32. The molecule has 0 unspecified atom stereocenters. The number of halogens is 2. The Bertz CT molecular complexity index is 676. The van der Waals surface area contributed by atoms with Gasteiger partial charge in [0.05, 0.1) is 12.8 Å². The second-order valence-electron chi connectivity index (χ2n) is 4.80. The van der Waals surface area contributed by atoms with Crippen molar-refractivity contribution in [3.63, 3.8) is 0 Å². The van der Waals surface area contributed by atoms with Gasteiger partial charge in [-0.3, -0.25) is 4.79 Å². The minimum absolute atomic E-state index is 0.336. The third-order valence-corrected chi connectivity index (χ3v) is 3.41. The summed E-state index contributed by atoms with van der Waals surface area (Å²) >= 11 is 5.94. The number of benzene rings is 2. The van der Waals surface area contributed by atoms with Gasteiger partial charge < -0.3 is 14.8 Å². The Kier molecular flexibility index (Phi) is 5.82. The lowest BCUT2D eigenvalue weighted by Gasteiger charge is -2.18. The van der Waals surface area contributed by atoms with Gasteiger partial charge in [0.25, 0.3) is 5.91 Å². The third kappa shape index (κ3) is 4.60. The Morgan fingerprint density at radius 1 is 1.26 bits per heavy atom. The predicted octanol–water partition coefficient (Wildman–Crippen LogP) is 4.28. The number of methoxy groups -OCH3 is 1. The van der Waals surface area contributed by atoms with Gasteiger partial charge in [-0.2, -0.15) is 0 Å². The van der Waals surface area contributed by atoms with Gasteiger partial charge in [0.2, 0.25) is 0 Å². The van der Waals surface area contributed by atoms with Crippen LogP contribution in [0.4, 0.5) is 10.1 Å². The Morgan fingerprint density at radius 3 is 2.57 bits per heavy atom. The molecule has 0 heterocycles. The van der Waals surface area contributed by atoms with E-state index in [0.29, 0.717) is 28.6 Å². The maximum absolute atomic E-state index is 12.9. The van der Waals surface area contributed by atoms with E-state index in [2.05, 4.69) is 5.32 Å². The lowest BCUT2D eigenvalue weighted by atomic mass is 10.2. The summed E-state index contributed by atoms with van der Waals surface area (Å²) in [5, 5.41) is 3.22. The Labute approximate surface area is 139 Å². The second kappa shape index (κ2) is 7.83. The van der Waals surface area contributed by atoms with Gasteiger partial charge in [-0.25, -0.2) is 4.39 Å². The van der Waals surface area contributed by atoms with Crippen molar-refractivity contribution in [3.8, 4) is 11.5 Å². The van der Waals surface area contributed by atoms with Crippen LogP contribution in [-0.2, 0) is 4.79 Å². The summed E-state index contributed by atoms with van der Waals surface area (Å²) in [6, 6.07) is 10.4.